The number of amides is 1. The highest BCUT2D eigenvalue weighted by Gasteiger charge is 2.30. The Morgan fingerprint density at radius 3 is 2.76 bits per heavy atom. The zero-order chi connectivity index (χ0) is 15.6. The van der Waals surface area contributed by atoms with Gasteiger partial charge in [0, 0.05) is 19.0 Å². The second-order valence-electron chi connectivity index (χ2n) is 6.13. The molecule has 0 radical (unpaired) electrons. The molecule has 1 unspecified atom stereocenters. The summed E-state index contributed by atoms with van der Waals surface area (Å²) in [6.45, 7) is 6.72. The molecule has 1 N–H and O–H groups in total. The van der Waals surface area contributed by atoms with Crippen molar-refractivity contribution in [1.82, 2.24) is 9.88 Å². The molecule has 7 heteroatoms. The lowest BCUT2D eigenvalue weighted by Gasteiger charge is -2.33. The second kappa shape index (κ2) is 6.01. The fourth-order valence-electron chi connectivity index (χ4n) is 2.25. The van der Waals surface area contributed by atoms with Gasteiger partial charge in [-0.25, -0.2) is 14.6 Å². The minimum atomic E-state index is -0.960. The molecule has 1 amide bonds. The van der Waals surface area contributed by atoms with Crippen molar-refractivity contribution in [3.63, 3.8) is 0 Å². The summed E-state index contributed by atoms with van der Waals surface area (Å²) in [5.74, 6) is -0.872. The first-order valence-electron chi connectivity index (χ1n) is 6.93. The number of ether oxygens (including phenoxy) is 1. The zero-order valence-corrected chi connectivity index (χ0v) is 13.3. The summed E-state index contributed by atoms with van der Waals surface area (Å²) in [5, 5.41) is 9.73. The third kappa shape index (κ3) is 4.17. The normalized spacial score (nSPS) is 19.4. The molecule has 1 aromatic rings. The molecule has 1 aromatic heterocycles. The average Bonchev–Trinajstić information content (AvgIpc) is 2.86. The number of carbonyl (C=O) groups excluding carboxylic acids is 1. The zero-order valence-electron chi connectivity index (χ0n) is 12.5. The molecule has 21 heavy (non-hydrogen) atoms. The maximum atomic E-state index is 12.1. The molecule has 1 atom stereocenters. The number of rotatable bonds is 2. The molecule has 0 spiro atoms. The highest BCUT2D eigenvalue weighted by atomic mass is 32.1. The van der Waals surface area contributed by atoms with Crippen LogP contribution in [-0.4, -0.2) is 45.7 Å². The summed E-state index contributed by atoms with van der Waals surface area (Å²) in [6, 6.07) is 0. The van der Waals surface area contributed by atoms with Gasteiger partial charge < -0.3 is 14.7 Å². The minimum absolute atomic E-state index is 0.0874. The number of aromatic carboxylic acids is 1. The number of hydrogen-bond donors (Lipinski definition) is 1. The van der Waals surface area contributed by atoms with Gasteiger partial charge in [0.2, 0.25) is 0 Å². The van der Waals surface area contributed by atoms with Gasteiger partial charge in [0.25, 0.3) is 0 Å². The molecule has 0 bridgehead atoms. The Morgan fingerprint density at radius 1 is 1.48 bits per heavy atom. The molecule has 2 heterocycles. The molecule has 1 fully saturated rings. The smallest absolute Gasteiger partial charge is 0.410 e. The molecule has 0 saturated carbocycles. The van der Waals surface area contributed by atoms with Gasteiger partial charge in [0.05, 0.1) is 11.2 Å². The van der Waals surface area contributed by atoms with Gasteiger partial charge >= 0.3 is 12.1 Å². The van der Waals surface area contributed by atoms with Crippen LogP contribution >= 0.6 is 11.3 Å². The van der Waals surface area contributed by atoms with E-state index in [1.807, 2.05) is 20.8 Å². The van der Waals surface area contributed by atoms with E-state index in [0.717, 1.165) is 17.8 Å². The van der Waals surface area contributed by atoms with Gasteiger partial charge in [0.1, 0.15) is 10.5 Å². The van der Waals surface area contributed by atoms with E-state index in [9.17, 15) is 9.59 Å². The van der Waals surface area contributed by atoms with Crippen LogP contribution in [0.25, 0.3) is 0 Å². The number of aromatic nitrogens is 1. The molecule has 1 saturated heterocycles. The Kier molecular flexibility index (Phi) is 4.51. The van der Waals surface area contributed by atoms with E-state index in [0.29, 0.717) is 13.1 Å². The Hall–Kier alpha value is -1.63. The minimum Gasteiger partial charge on any atom is -0.477 e. The highest BCUT2D eigenvalue weighted by molar-refractivity contribution is 7.13. The average molecular weight is 312 g/mol. The van der Waals surface area contributed by atoms with E-state index in [2.05, 4.69) is 4.98 Å². The van der Waals surface area contributed by atoms with Crippen molar-refractivity contribution in [1.29, 1.82) is 0 Å². The molecule has 116 valence electrons. The van der Waals surface area contributed by atoms with Crippen molar-refractivity contribution in [2.24, 2.45) is 0 Å². The summed E-state index contributed by atoms with van der Waals surface area (Å²) in [7, 11) is 0. The first-order chi connectivity index (χ1) is 9.76. The van der Waals surface area contributed by atoms with Crippen LogP contribution in [-0.2, 0) is 4.74 Å². The number of likely N-dealkylation sites (tertiary alicyclic amines) is 1. The van der Waals surface area contributed by atoms with Crippen LogP contribution in [0.5, 0.6) is 0 Å². The van der Waals surface area contributed by atoms with Gasteiger partial charge in [-0.2, -0.15) is 0 Å². The van der Waals surface area contributed by atoms with Crippen LogP contribution in [0.4, 0.5) is 4.79 Å². The molecule has 2 rings (SSSR count). The third-order valence-electron chi connectivity index (χ3n) is 3.16. The van der Waals surface area contributed by atoms with Crippen LogP contribution in [0.15, 0.2) is 6.20 Å². The van der Waals surface area contributed by atoms with Crippen molar-refractivity contribution in [3.05, 3.63) is 16.1 Å². The molecular formula is C14H20N2O4S. The SMILES string of the molecule is CC(C)(C)OC(=O)N1CCCC(c2ncc(C(=O)O)s2)C1. The van der Waals surface area contributed by atoms with E-state index >= 15 is 0 Å². The maximum Gasteiger partial charge on any atom is 0.410 e. The molecule has 1 aliphatic heterocycles. The fourth-order valence-corrected chi connectivity index (χ4v) is 3.13. The lowest BCUT2D eigenvalue weighted by atomic mass is 9.99. The van der Waals surface area contributed by atoms with Gasteiger partial charge in [-0.15, -0.1) is 11.3 Å². The van der Waals surface area contributed by atoms with Crippen molar-refractivity contribution in [2.75, 3.05) is 13.1 Å². The molecule has 0 aromatic carbocycles. The van der Waals surface area contributed by atoms with E-state index < -0.39 is 11.6 Å². The number of carboxylic acid groups (broad SMARTS) is 1. The number of thiazole rings is 1. The first kappa shape index (κ1) is 15.8. The third-order valence-corrected chi connectivity index (χ3v) is 4.30. The fraction of sp³-hybridized carbons (Fsp3) is 0.643. The molecular weight excluding hydrogens is 292 g/mol. The van der Waals surface area contributed by atoms with Gasteiger partial charge in [-0.1, -0.05) is 0 Å². The Morgan fingerprint density at radius 2 is 2.19 bits per heavy atom. The molecule has 6 nitrogen and oxygen atoms in total. The van der Waals surface area contributed by atoms with Crippen molar-refractivity contribution in [2.45, 2.75) is 45.1 Å². The van der Waals surface area contributed by atoms with Gasteiger partial charge in [0.15, 0.2) is 0 Å². The number of nitrogens with zero attached hydrogens (tertiary/aromatic N) is 2. The predicted molar refractivity (Wildman–Crippen MR) is 78.9 cm³/mol. The molecule has 1 aliphatic rings. The maximum absolute atomic E-state index is 12.1. The molecule has 0 aliphatic carbocycles. The van der Waals surface area contributed by atoms with E-state index in [1.54, 1.807) is 4.90 Å². The van der Waals surface area contributed by atoms with Gasteiger partial charge in [-0.3, -0.25) is 0 Å². The number of hydrogen-bond acceptors (Lipinski definition) is 5. The first-order valence-corrected chi connectivity index (χ1v) is 7.75. The Balaban J connectivity index is 2.03. The van der Waals surface area contributed by atoms with Crippen LogP contribution in [0, 0.1) is 0 Å². The second-order valence-corrected chi connectivity index (χ2v) is 7.20. The summed E-state index contributed by atoms with van der Waals surface area (Å²) < 4.78 is 5.38. The summed E-state index contributed by atoms with van der Waals surface area (Å²) in [5.41, 5.74) is -0.512. The van der Waals surface area contributed by atoms with Crippen LogP contribution < -0.4 is 0 Å². The van der Waals surface area contributed by atoms with E-state index in [-0.39, 0.29) is 16.9 Å². The van der Waals surface area contributed by atoms with Gasteiger partial charge in [-0.05, 0) is 33.6 Å². The lowest BCUT2D eigenvalue weighted by Crippen LogP contribution is -2.42. The highest BCUT2D eigenvalue weighted by Crippen LogP contribution is 2.30. The summed E-state index contributed by atoms with van der Waals surface area (Å²) >= 11 is 1.18. The van der Waals surface area contributed by atoms with Crippen LogP contribution in [0.3, 0.4) is 0 Å². The van der Waals surface area contributed by atoms with E-state index in [1.165, 1.54) is 17.5 Å². The van der Waals surface area contributed by atoms with Crippen molar-refractivity contribution >= 4 is 23.4 Å². The number of piperidine rings is 1. The Labute approximate surface area is 127 Å². The van der Waals surface area contributed by atoms with Crippen LogP contribution in [0.1, 0.15) is 54.2 Å². The largest absolute Gasteiger partial charge is 0.477 e. The number of carbonyl (C=O) groups is 2. The summed E-state index contributed by atoms with van der Waals surface area (Å²) in [6.07, 6.45) is 2.84. The Bertz CT molecular complexity index is 535. The summed E-state index contributed by atoms with van der Waals surface area (Å²) in [4.78, 5) is 29.1. The predicted octanol–water partition coefficient (Wildman–Crippen LogP) is 2.96. The van der Waals surface area contributed by atoms with Crippen molar-refractivity contribution < 1.29 is 19.4 Å². The van der Waals surface area contributed by atoms with Crippen molar-refractivity contribution in [3.8, 4) is 0 Å². The van der Waals surface area contributed by atoms with E-state index in [4.69, 9.17) is 9.84 Å². The number of carboxylic acids is 1. The quantitative estimate of drug-likeness (QED) is 0.908. The van der Waals surface area contributed by atoms with Crippen LogP contribution in [0.2, 0.25) is 0 Å². The topological polar surface area (TPSA) is 79.7 Å². The standard InChI is InChI=1S/C14H20N2O4S/c1-14(2,3)20-13(19)16-6-4-5-9(8-16)11-15-7-10(21-11)12(17)18/h7,9H,4-6,8H2,1-3H3,(H,17,18). The lowest BCUT2D eigenvalue weighted by molar-refractivity contribution is 0.0198. The monoisotopic (exact) mass is 312 g/mol.